The lowest BCUT2D eigenvalue weighted by molar-refractivity contribution is -0.116. The van der Waals surface area contributed by atoms with Crippen molar-refractivity contribution in [3.05, 3.63) is 65.4 Å². The molecule has 0 aliphatic carbocycles. The van der Waals surface area contributed by atoms with Crippen molar-refractivity contribution in [2.45, 2.75) is 19.3 Å². The minimum Gasteiger partial charge on any atom is -0.493 e. The Bertz CT molecular complexity index is 1110. The number of hydrogen-bond acceptors (Lipinski definition) is 4. The molecule has 0 spiro atoms. The number of nitrogens with one attached hydrogen (secondary N) is 1. The van der Waals surface area contributed by atoms with Crippen molar-refractivity contribution in [3.63, 3.8) is 0 Å². The van der Waals surface area contributed by atoms with Crippen LogP contribution >= 0.6 is 0 Å². The van der Waals surface area contributed by atoms with E-state index < -0.39 is 0 Å². The number of methoxy groups -OCH3 is 1. The first kappa shape index (κ1) is 18.6. The van der Waals surface area contributed by atoms with Gasteiger partial charge in [-0.2, -0.15) is 5.10 Å². The monoisotopic (exact) mass is 387 g/mol. The molecular formula is C23H21N3O3. The van der Waals surface area contributed by atoms with E-state index in [9.17, 15) is 4.79 Å². The van der Waals surface area contributed by atoms with Gasteiger partial charge in [0.25, 0.3) is 0 Å². The van der Waals surface area contributed by atoms with Crippen LogP contribution in [0.2, 0.25) is 0 Å². The number of hydrogen-bond donors (Lipinski definition) is 1. The summed E-state index contributed by atoms with van der Waals surface area (Å²) in [6, 6.07) is 13.6. The van der Waals surface area contributed by atoms with Crippen LogP contribution < -0.4 is 14.8 Å². The molecule has 1 amide bonds. The highest BCUT2D eigenvalue weighted by Gasteiger charge is 2.31. The highest BCUT2D eigenvalue weighted by atomic mass is 16.5. The molecule has 6 heteroatoms. The predicted molar refractivity (Wildman–Crippen MR) is 111 cm³/mol. The highest BCUT2D eigenvalue weighted by molar-refractivity contribution is 5.94. The summed E-state index contributed by atoms with van der Waals surface area (Å²) >= 11 is 0. The molecule has 146 valence electrons. The highest BCUT2D eigenvalue weighted by Crippen LogP contribution is 2.41. The minimum absolute atomic E-state index is 0.0514. The van der Waals surface area contributed by atoms with Gasteiger partial charge in [-0.05, 0) is 36.2 Å². The van der Waals surface area contributed by atoms with E-state index in [1.807, 2.05) is 55.6 Å². The summed E-state index contributed by atoms with van der Waals surface area (Å²) in [6.07, 6.45) is 7.43. The van der Waals surface area contributed by atoms with Gasteiger partial charge >= 0.3 is 0 Å². The van der Waals surface area contributed by atoms with Crippen LogP contribution in [0.1, 0.15) is 29.0 Å². The molecule has 6 nitrogen and oxygen atoms in total. The molecule has 1 aliphatic rings. The molecule has 0 saturated carbocycles. The molecule has 1 aromatic heterocycles. The maximum atomic E-state index is 12.5. The number of aryl methyl sites for hydroxylation is 1. The van der Waals surface area contributed by atoms with Crippen LogP contribution in [0.25, 0.3) is 5.69 Å². The first-order chi connectivity index (χ1) is 14.1. The van der Waals surface area contributed by atoms with Crippen molar-refractivity contribution in [3.8, 4) is 29.5 Å². The summed E-state index contributed by atoms with van der Waals surface area (Å²) in [4.78, 5) is 12.5. The van der Waals surface area contributed by atoms with E-state index in [0.29, 0.717) is 23.7 Å². The summed E-state index contributed by atoms with van der Waals surface area (Å²) < 4.78 is 12.8. The van der Waals surface area contributed by atoms with Gasteiger partial charge in [-0.3, -0.25) is 4.79 Å². The van der Waals surface area contributed by atoms with E-state index in [4.69, 9.17) is 15.9 Å². The Morgan fingerprint density at radius 2 is 2.10 bits per heavy atom. The van der Waals surface area contributed by atoms with Gasteiger partial charge in [-0.25, -0.2) is 4.68 Å². The van der Waals surface area contributed by atoms with Crippen molar-refractivity contribution in [1.82, 2.24) is 9.78 Å². The summed E-state index contributed by atoms with van der Waals surface area (Å²) in [5.74, 6) is 4.12. The lowest BCUT2D eigenvalue weighted by atomic mass is 9.87. The summed E-state index contributed by atoms with van der Waals surface area (Å²) in [5, 5.41) is 7.55. The van der Waals surface area contributed by atoms with Gasteiger partial charge in [0.05, 0.1) is 19.0 Å². The second-order valence-corrected chi connectivity index (χ2v) is 6.85. The summed E-state index contributed by atoms with van der Waals surface area (Å²) in [5.41, 5.74) is 3.93. The van der Waals surface area contributed by atoms with Crippen molar-refractivity contribution < 1.29 is 14.3 Å². The fourth-order valence-electron chi connectivity index (χ4n) is 3.64. The first-order valence-electron chi connectivity index (χ1n) is 9.30. The number of rotatable bonds is 5. The predicted octanol–water partition coefficient (Wildman–Crippen LogP) is 3.68. The van der Waals surface area contributed by atoms with Crippen LogP contribution in [0.3, 0.4) is 0 Å². The lowest BCUT2D eigenvalue weighted by Crippen LogP contribution is -2.24. The lowest BCUT2D eigenvalue weighted by Gasteiger charge is -2.24. The number of para-hydroxylation sites is 1. The Kier molecular flexibility index (Phi) is 4.96. The van der Waals surface area contributed by atoms with Gasteiger partial charge in [-0.1, -0.05) is 30.2 Å². The van der Waals surface area contributed by atoms with Crippen LogP contribution in [-0.4, -0.2) is 29.4 Å². The number of carbonyl (C=O) groups is 1. The Morgan fingerprint density at radius 1 is 1.28 bits per heavy atom. The molecule has 0 saturated heterocycles. The summed E-state index contributed by atoms with van der Waals surface area (Å²) in [6.45, 7) is 2.18. The Morgan fingerprint density at radius 3 is 2.86 bits per heavy atom. The van der Waals surface area contributed by atoms with Crippen LogP contribution in [0, 0.1) is 19.3 Å². The van der Waals surface area contributed by atoms with E-state index in [1.54, 1.807) is 11.8 Å². The van der Waals surface area contributed by atoms with Crippen LogP contribution in [0.15, 0.2) is 48.7 Å². The number of amides is 1. The molecule has 0 fully saturated rings. The van der Waals surface area contributed by atoms with E-state index in [0.717, 1.165) is 22.4 Å². The number of nitrogens with zero attached hydrogens (tertiary/aromatic N) is 2. The van der Waals surface area contributed by atoms with Gasteiger partial charge in [0.15, 0.2) is 11.5 Å². The molecule has 1 N–H and O–H groups in total. The topological polar surface area (TPSA) is 65.4 Å². The number of anilines is 1. The Hall–Kier alpha value is -3.72. The number of aromatic nitrogens is 2. The number of terminal acetylenes is 1. The van der Waals surface area contributed by atoms with E-state index in [2.05, 4.69) is 16.3 Å². The van der Waals surface area contributed by atoms with Gasteiger partial charge in [0.2, 0.25) is 5.91 Å². The van der Waals surface area contributed by atoms with Crippen LogP contribution in [0.5, 0.6) is 11.5 Å². The number of benzene rings is 2. The number of ether oxygens (including phenoxy) is 2. The first-order valence-corrected chi connectivity index (χ1v) is 9.30. The second kappa shape index (κ2) is 7.72. The van der Waals surface area contributed by atoms with E-state index >= 15 is 0 Å². The van der Waals surface area contributed by atoms with Crippen LogP contribution in [-0.2, 0) is 4.79 Å². The molecule has 1 aliphatic heterocycles. The Balaban J connectivity index is 1.76. The van der Waals surface area contributed by atoms with Gasteiger partial charge in [0, 0.05) is 17.9 Å². The smallest absolute Gasteiger partial charge is 0.226 e. The van der Waals surface area contributed by atoms with Gasteiger partial charge < -0.3 is 14.8 Å². The van der Waals surface area contributed by atoms with E-state index in [1.165, 1.54) is 0 Å². The molecule has 0 bridgehead atoms. The fourth-order valence-corrected chi connectivity index (χ4v) is 3.64. The maximum absolute atomic E-state index is 12.5. The molecule has 1 atom stereocenters. The average molecular weight is 387 g/mol. The SMILES string of the molecule is C#CCOc1ccc(C2CC(=O)Nc3c2cnn3-c2ccccc2C)cc1OC. The molecule has 3 aromatic rings. The minimum atomic E-state index is -0.132. The molecule has 1 unspecified atom stereocenters. The zero-order valence-corrected chi connectivity index (χ0v) is 16.3. The van der Waals surface area contributed by atoms with Crippen LogP contribution in [0.4, 0.5) is 5.82 Å². The third-order valence-corrected chi connectivity index (χ3v) is 5.06. The molecule has 29 heavy (non-hydrogen) atoms. The number of fused-ring (bicyclic) bond motifs is 1. The quantitative estimate of drug-likeness (QED) is 0.679. The fraction of sp³-hybridized carbons (Fsp3) is 0.217. The zero-order chi connectivity index (χ0) is 20.4. The number of carbonyl (C=O) groups excluding carboxylic acids is 1. The second-order valence-electron chi connectivity index (χ2n) is 6.85. The third-order valence-electron chi connectivity index (χ3n) is 5.06. The van der Waals surface area contributed by atoms with Gasteiger partial charge in [0.1, 0.15) is 12.4 Å². The third kappa shape index (κ3) is 3.43. The average Bonchev–Trinajstić information content (AvgIpc) is 3.15. The zero-order valence-electron chi connectivity index (χ0n) is 16.3. The normalized spacial score (nSPS) is 15.2. The van der Waals surface area contributed by atoms with Crippen molar-refractivity contribution in [2.24, 2.45) is 0 Å². The molecule has 4 rings (SSSR count). The van der Waals surface area contributed by atoms with Gasteiger partial charge in [-0.15, -0.1) is 6.42 Å². The van der Waals surface area contributed by atoms with Crippen molar-refractivity contribution in [2.75, 3.05) is 19.0 Å². The van der Waals surface area contributed by atoms with E-state index in [-0.39, 0.29) is 18.4 Å². The standard InChI is InChI=1S/C23H21N3O3/c1-4-11-29-20-10-9-16(12-21(20)28-3)17-13-22(27)25-23-18(17)14-24-26(23)19-8-6-5-7-15(19)2/h1,5-10,12,14,17H,11,13H2,2-3H3,(H,25,27). The molecular weight excluding hydrogens is 366 g/mol. The van der Waals surface area contributed by atoms with Crippen molar-refractivity contribution >= 4 is 11.7 Å². The molecule has 0 radical (unpaired) electrons. The largest absolute Gasteiger partial charge is 0.493 e. The summed E-state index contributed by atoms with van der Waals surface area (Å²) in [7, 11) is 1.58. The van der Waals surface area contributed by atoms with Crippen molar-refractivity contribution in [1.29, 1.82) is 0 Å². The Labute approximate surface area is 169 Å². The molecule has 2 aromatic carbocycles. The maximum Gasteiger partial charge on any atom is 0.226 e. The molecule has 2 heterocycles.